The highest BCUT2D eigenvalue weighted by atomic mass is 16.5. The van der Waals surface area contributed by atoms with Crippen LogP contribution in [0.3, 0.4) is 0 Å². The Bertz CT molecular complexity index is 551. The lowest BCUT2D eigenvalue weighted by Gasteiger charge is -2.17. The number of hydrogen-bond donors (Lipinski definition) is 2. The van der Waals surface area contributed by atoms with Gasteiger partial charge in [0.15, 0.2) is 0 Å². The standard InChI is InChI=1S/C15H18N2O/c1-2-13(10-15(16)17)18-14-8-7-11-5-3-4-6-12(11)9-14/h3-9,13H,2,10H2,1H3,(H3,16,17). The minimum Gasteiger partial charge on any atom is -0.490 e. The second kappa shape index (κ2) is 5.54. The first-order valence-corrected chi connectivity index (χ1v) is 6.17. The summed E-state index contributed by atoms with van der Waals surface area (Å²) in [5.41, 5.74) is 5.42. The van der Waals surface area contributed by atoms with Gasteiger partial charge in [0, 0.05) is 6.42 Å². The molecular weight excluding hydrogens is 224 g/mol. The molecule has 0 radical (unpaired) electrons. The van der Waals surface area contributed by atoms with E-state index < -0.39 is 0 Å². The predicted octanol–water partition coefficient (Wildman–Crippen LogP) is 3.32. The summed E-state index contributed by atoms with van der Waals surface area (Å²) in [6.45, 7) is 2.04. The fourth-order valence-corrected chi connectivity index (χ4v) is 1.95. The van der Waals surface area contributed by atoms with E-state index in [2.05, 4.69) is 12.1 Å². The molecule has 1 atom stereocenters. The quantitative estimate of drug-likeness (QED) is 0.624. The molecular formula is C15H18N2O. The SMILES string of the molecule is CCC(CC(=N)N)Oc1ccc2ccccc2c1. The molecule has 0 saturated carbocycles. The first-order chi connectivity index (χ1) is 8.69. The summed E-state index contributed by atoms with van der Waals surface area (Å²) < 4.78 is 5.86. The first kappa shape index (κ1) is 12.4. The third-order valence-electron chi connectivity index (χ3n) is 2.93. The average Bonchev–Trinajstić information content (AvgIpc) is 2.37. The van der Waals surface area contributed by atoms with E-state index >= 15 is 0 Å². The van der Waals surface area contributed by atoms with Gasteiger partial charge in [0.1, 0.15) is 11.9 Å². The van der Waals surface area contributed by atoms with E-state index in [0.29, 0.717) is 6.42 Å². The van der Waals surface area contributed by atoms with Crippen molar-refractivity contribution in [2.24, 2.45) is 5.73 Å². The summed E-state index contributed by atoms with van der Waals surface area (Å²) in [4.78, 5) is 0. The molecule has 0 amide bonds. The molecule has 0 bridgehead atoms. The zero-order valence-electron chi connectivity index (χ0n) is 10.5. The number of nitrogens with one attached hydrogen (secondary N) is 1. The number of rotatable bonds is 5. The maximum Gasteiger partial charge on any atom is 0.120 e. The van der Waals surface area contributed by atoms with Crippen molar-refractivity contribution < 1.29 is 4.74 Å². The Morgan fingerprint density at radius 3 is 2.61 bits per heavy atom. The van der Waals surface area contributed by atoms with E-state index in [4.69, 9.17) is 15.9 Å². The fourth-order valence-electron chi connectivity index (χ4n) is 1.95. The van der Waals surface area contributed by atoms with Crippen molar-refractivity contribution >= 4 is 16.6 Å². The fraction of sp³-hybridized carbons (Fsp3) is 0.267. The smallest absolute Gasteiger partial charge is 0.120 e. The molecule has 0 aliphatic rings. The number of fused-ring (bicyclic) bond motifs is 1. The lowest BCUT2D eigenvalue weighted by Crippen LogP contribution is -2.23. The molecule has 3 nitrogen and oxygen atoms in total. The largest absolute Gasteiger partial charge is 0.490 e. The van der Waals surface area contributed by atoms with Crippen LogP contribution >= 0.6 is 0 Å². The first-order valence-electron chi connectivity index (χ1n) is 6.17. The number of nitrogens with two attached hydrogens (primary N) is 1. The summed E-state index contributed by atoms with van der Waals surface area (Å²) in [6, 6.07) is 14.2. The minimum absolute atomic E-state index is 0.0244. The van der Waals surface area contributed by atoms with Crippen LogP contribution in [-0.2, 0) is 0 Å². The number of ether oxygens (including phenoxy) is 1. The molecule has 2 rings (SSSR count). The molecule has 0 heterocycles. The molecule has 0 aliphatic carbocycles. The molecule has 3 N–H and O–H groups in total. The van der Waals surface area contributed by atoms with E-state index in [0.717, 1.165) is 17.6 Å². The van der Waals surface area contributed by atoms with Crippen molar-refractivity contribution in [3.63, 3.8) is 0 Å². The second-order valence-corrected chi connectivity index (χ2v) is 4.39. The molecule has 2 aromatic carbocycles. The van der Waals surface area contributed by atoms with E-state index in [1.165, 1.54) is 5.39 Å². The van der Waals surface area contributed by atoms with E-state index in [1.54, 1.807) is 0 Å². The van der Waals surface area contributed by atoms with Crippen molar-refractivity contribution in [2.75, 3.05) is 0 Å². The third-order valence-corrected chi connectivity index (χ3v) is 2.93. The van der Waals surface area contributed by atoms with Gasteiger partial charge in [-0.3, -0.25) is 5.41 Å². The van der Waals surface area contributed by atoms with Gasteiger partial charge < -0.3 is 10.5 Å². The summed E-state index contributed by atoms with van der Waals surface area (Å²) in [5, 5.41) is 9.68. The normalized spacial score (nSPS) is 12.3. The zero-order chi connectivity index (χ0) is 13.0. The van der Waals surface area contributed by atoms with Crippen molar-refractivity contribution in [2.45, 2.75) is 25.9 Å². The van der Waals surface area contributed by atoms with Gasteiger partial charge in [-0.25, -0.2) is 0 Å². The van der Waals surface area contributed by atoms with E-state index in [9.17, 15) is 0 Å². The molecule has 18 heavy (non-hydrogen) atoms. The van der Waals surface area contributed by atoms with Crippen molar-refractivity contribution in [1.29, 1.82) is 5.41 Å². The Kier molecular flexibility index (Phi) is 3.82. The minimum atomic E-state index is -0.0244. The van der Waals surface area contributed by atoms with Gasteiger partial charge in [0.25, 0.3) is 0 Å². The van der Waals surface area contributed by atoms with Gasteiger partial charge in [-0.1, -0.05) is 37.3 Å². The van der Waals surface area contributed by atoms with E-state index in [-0.39, 0.29) is 11.9 Å². The molecule has 0 aliphatic heterocycles. The van der Waals surface area contributed by atoms with Crippen LogP contribution in [0.25, 0.3) is 10.8 Å². The van der Waals surface area contributed by atoms with Gasteiger partial charge in [0.2, 0.25) is 0 Å². The van der Waals surface area contributed by atoms with Gasteiger partial charge >= 0.3 is 0 Å². The predicted molar refractivity (Wildman–Crippen MR) is 75.2 cm³/mol. The van der Waals surface area contributed by atoms with E-state index in [1.807, 2.05) is 37.3 Å². The van der Waals surface area contributed by atoms with Crippen LogP contribution in [0.15, 0.2) is 42.5 Å². The summed E-state index contributed by atoms with van der Waals surface area (Å²) in [7, 11) is 0. The van der Waals surface area contributed by atoms with Crippen LogP contribution in [0.1, 0.15) is 19.8 Å². The van der Waals surface area contributed by atoms with Crippen LogP contribution < -0.4 is 10.5 Å². The van der Waals surface area contributed by atoms with Crippen LogP contribution in [0.2, 0.25) is 0 Å². The molecule has 0 spiro atoms. The highest BCUT2D eigenvalue weighted by Crippen LogP contribution is 2.22. The highest BCUT2D eigenvalue weighted by molar-refractivity contribution is 5.83. The second-order valence-electron chi connectivity index (χ2n) is 4.39. The van der Waals surface area contributed by atoms with Gasteiger partial charge in [-0.05, 0) is 29.3 Å². The summed E-state index contributed by atoms with van der Waals surface area (Å²) in [6.07, 6.45) is 1.29. The molecule has 1 unspecified atom stereocenters. The lowest BCUT2D eigenvalue weighted by molar-refractivity contribution is 0.205. The molecule has 2 aromatic rings. The molecule has 94 valence electrons. The Labute approximate surface area is 107 Å². The van der Waals surface area contributed by atoms with Crippen LogP contribution in [0.5, 0.6) is 5.75 Å². The van der Waals surface area contributed by atoms with Crippen LogP contribution in [0.4, 0.5) is 0 Å². The zero-order valence-corrected chi connectivity index (χ0v) is 10.5. The average molecular weight is 242 g/mol. The Morgan fingerprint density at radius 1 is 1.22 bits per heavy atom. The van der Waals surface area contributed by atoms with Crippen LogP contribution in [0, 0.1) is 5.41 Å². The van der Waals surface area contributed by atoms with Crippen molar-refractivity contribution in [3.05, 3.63) is 42.5 Å². The Morgan fingerprint density at radius 2 is 1.94 bits per heavy atom. The van der Waals surface area contributed by atoms with Crippen molar-refractivity contribution in [1.82, 2.24) is 0 Å². The topological polar surface area (TPSA) is 59.1 Å². The lowest BCUT2D eigenvalue weighted by atomic mass is 10.1. The van der Waals surface area contributed by atoms with Gasteiger partial charge in [0.05, 0.1) is 5.84 Å². The van der Waals surface area contributed by atoms with Gasteiger partial charge in [-0.2, -0.15) is 0 Å². The van der Waals surface area contributed by atoms with Gasteiger partial charge in [-0.15, -0.1) is 0 Å². The maximum atomic E-state index is 7.32. The number of benzene rings is 2. The number of hydrogen-bond acceptors (Lipinski definition) is 2. The molecule has 3 heteroatoms. The maximum absolute atomic E-state index is 7.32. The Balaban J connectivity index is 2.17. The van der Waals surface area contributed by atoms with Crippen molar-refractivity contribution in [3.8, 4) is 5.75 Å². The molecule has 0 aromatic heterocycles. The Hall–Kier alpha value is -2.03. The summed E-state index contributed by atoms with van der Waals surface area (Å²) >= 11 is 0. The number of amidine groups is 1. The molecule has 0 saturated heterocycles. The third kappa shape index (κ3) is 3.00. The van der Waals surface area contributed by atoms with Crippen LogP contribution in [-0.4, -0.2) is 11.9 Å². The summed E-state index contributed by atoms with van der Waals surface area (Å²) in [5.74, 6) is 1.00. The monoisotopic (exact) mass is 242 g/mol. The molecule has 0 fully saturated rings. The highest BCUT2D eigenvalue weighted by Gasteiger charge is 2.09.